The highest BCUT2D eigenvalue weighted by molar-refractivity contribution is 5.94. The molecule has 4 nitrogen and oxygen atoms in total. The summed E-state index contributed by atoms with van der Waals surface area (Å²) in [5.41, 5.74) is -0.678. The second-order valence-electron chi connectivity index (χ2n) is 7.70. The lowest BCUT2D eigenvalue weighted by Gasteiger charge is -2.54. The van der Waals surface area contributed by atoms with Gasteiger partial charge in [-0.05, 0) is 25.2 Å². The van der Waals surface area contributed by atoms with Crippen molar-refractivity contribution in [3.63, 3.8) is 0 Å². The van der Waals surface area contributed by atoms with Crippen LogP contribution in [0.3, 0.4) is 0 Å². The van der Waals surface area contributed by atoms with Gasteiger partial charge in [0.25, 0.3) is 0 Å². The van der Waals surface area contributed by atoms with Gasteiger partial charge in [0.05, 0.1) is 12.2 Å². The molecular weight excluding hydrogens is 292 g/mol. The SMILES string of the molecule is CO[C@]12CC[C@@H](O)[C@H](/C=C/[C@@H](O)CC3CCCCC3)[C@H]1CC2=O. The second kappa shape index (κ2) is 7.04. The fourth-order valence-corrected chi connectivity index (χ4v) is 4.94. The van der Waals surface area contributed by atoms with E-state index in [-0.39, 0.29) is 17.6 Å². The van der Waals surface area contributed by atoms with E-state index >= 15 is 0 Å². The Balaban J connectivity index is 1.60. The molecule has 0 spiro atoms. The fraction of sp³-hybridized carbons (Fsp3) is 0.842. The Morgan fingerprint density at radius 1 is 1.30 bits per heavy atom. The summed E-state index contributed by atoms with van der Waals surface area (Å²) in [6, 6.07) is 0. The Kier molecular flexibility index (Phi) is 5.24. The topological polar surface area (TPSA) is 66.8 Å². The van der Waals surface area contributed by atoms with Crippen molar-refractivity contribution in [1.82, 2.24) is 0 Å². The van der Waals surface area contributed by atoms with Crippen molar-refractivity contribution in [2.75, 3.05) is 7.11 Å². The van der Waals surface area contributed by atoms with Gasteiger partial charge in [-0.25, -0.2) is 0 Å². The first-order valence-corrected chi connectivity index (χ1v) is 9.19. The number of Topliss-reactive ketones (excluding diaryl/α,β-unsaturated/α-hetero) is 1. The van der Waals surface area contributed by atoms with Crippen molar-refractivity contribution in [2.24, 2.45) is 17.8 Å². The molecule has 3 saturated carbocycles. The molecule has 0 aromatic heterocycles. The number of fused-ring (bicyclic) bond motifs is 1. The maximum Gasteiger partial charge on any atom is 0.165 e. The molecule has 0 aromatic rings. The van der Waals surface area contributed by atoms with Gasteiger partial charge in [-0.3, -0.25) is 4.79 Å². The van der Waals surface area contributed by atoms with Crippen LogP contribution in [0.15, 0.2) is 12.2 Å². The molecular formula is C19H30O4. The average molecular weight is 322 g/mol. The molecule has 130 valence electrons. The zero-order valence-corrected chi connectivity index (χ0v) is 14.1. The molecule has 0 aliphatic heterocycles. The Hall–Kier alpha value is -0.710. The quantitative estimate of drug-likeness (QED) is 0.764. The summed E-state index contributed by atoms with van der Waals surface area (Å²) in [7, 11) is 1.60. The smallest absolute Gasteiger partial charge is 0.165 e. The van der Waals surface area contributed by atoms with Crippen LogP contribution in [0, 0.1) is 17.8 Å². The van der Waals surface area contributed by atoms with Crippen LogP contribution in [0.5, 0.6) is 0 Å². The van der Waals surface area contributed by atoms with Gasteiger partial charge in [0.2, 0.25) is 0 Å². The molecule has 5 atom stereocenters. The van der Waals surface area contributed by atoms with E-state index in [1.807, 2.05) is 12.2 Å². The Morgan fingerprint density at radius 3 is 2.70 bits per heavy atom. The monoisotopic (exact) mass is 322 g/mol. The van der Waals surface area contributed by atoms with Crippen molar-refractivity contribution in [2.45, 2.75) is 75.6 Å². The zero-order chi connectivity index (χ0) is 16.4. The summed E-state index contributed by atoms with van der Waals surface area (Å²) in [6.45, 7) is 0. The lowest BCUT2D eigenvalue weighted by molar-refractivity contribution is -0.191. The summed E-state index contributed by atoms with van der Waals surface area (Å²) < 4.78 is 5.54. The van der Waals surface area contributed by atoms with E-state index in [4.69, 9.17) is 4.74 Å². The van der Waals surface area contributed by atoms with Gasteiger partial charge >= 0.3 is 0 Å². The van der Waals surface area contributed by atoms with E-state index in [1.165, 1.54) is 32.1 Å². The van der Waals surface area contributed by atoms with Crippen LogP contribution >= 0.6 is 0 Å². The van der Waals surface area contributed by atoms with E-state index < -0.39 is 17.8 Å². The number of aliphatic hydroxyl groups excluding tert-OH is 2. The Bertz CT molecular complexity index is 454. The first-order chi connectivity index (χ1) is 11.1. The molecule has 0 saturated heterocycles. The number of carbonyl (C=O) groups excluding carboxylic acids is 1. The molecule has 3 rings (SSSR count). The molecule has 2 N–H and O–H groups in total. The molecule has 0 unspecified atom stereocenters. The van der Waals surface area contributed by atoms with E-state index in [2.05, 4.69) is 0 Å². The first-order valence-electron chi connectivity index (χ1n) is 9.19. The number of ether oxygens (including phenoxy) is 1. The predicted octanol–water partition coefficient (Wildman–Crippen LogP) is 2.62. The Labute approximate surface area is 138 Å². The summed E-state index contributed by atoms with van der Waals surface area (Å²) in [4.78, 5) is 12.0. The highest BCUT2D eigenvalue weighted by Gasteiger charge is 2.60. The number of aliphatic hydroxyl groups is 2. The van der Waals surface area contributed by atoms with Crippen LogP contribution in [-0.2, 0) is 9.53 Å². The third-order valence-corrected chi connectivity index (χ3v) is 6.42. The maximum absolute atomic E-state index is 12.0. The highest BCUT2D eigenvalue weighted by atomic mass is 16.5. The lowest BCUT2D eigenvalue weighted by atomic mass is 9.55. The van der Waals surface area contributed by atoms with Crippen LogP contribution in [-0.4, -0.2) is 40.9 Å². The Morgan fingerprint density at radius 2 is 2.04 bits per heavy atom. The van der Waals surface area contributed by atoms with Gasteiger partial charge in [-0.2, -0.15) is 0 Å². The second-order valence-corrected chi connectivity index (χ2v) is 7.70. The van der Waals surface area contributed by atoms with E-state index in [0.29, 0.717) is 25.2 Å². The van der Waals surface area contributed by atoms with Gasteiger partial charge in [-0.15, -0.1) is 0 Å². The summed E-state index contributed by atoms with van der Waals surface area (Å²) >= 11 is 0. The molecule has 3 fully saturated rings. The van der Waals surface area contributed by atoms with Crippen molar-refractivity contribution in [1.29, 1.82) is 0 Å². The van der Waals surface area contributed by atoms with E-state index in [0.717, 1.165) is 6.42 Å². The predicted molar refractivity (Wildman–Crippen MR) is 87.9 cm³/mol. The van der Waals surface area contributed by atoms with Crippen molar-refractivity contribution < 1.29 is 19.7 Å². The number of hydrogen-bond acceptors (Lipinski definition) is 4. The summed E-state index contributed by atoms with van der Waals surface area (Å²) in [6.07, 6.45) is 11.7. The number of ketones is 1. The minimum absolute atomic E-state index is 0.0573. The molecule has 0 heterocycles. The summed E-state index contributed by atoms with van der Waals surface area (Å²) in [5, 5.41) is 20.6. The lowest BCUT2D eigenvalue weighted by Crippen LogP contribution is -2.64. The van der Waals surface area contributed by atoms with Crippen LogP contribution in [0.4, 0.5) is 0 Å². The molecule has 4 heteroatoms. The largest absolute Gasteiger partial charge is 0.393 e. The third-order valence-electron chi connectivity index (χ3n) is 6.42. The number of carbonyl (C=O) groups is 1. The van der Waals surface area contributed by atoms with Crippen LogP contribution in [0.1, 0.15) is 57.8 Å². The molecule has 0 amide bonds. The van der Waals surface area contributed by atoms with E-state index in [1.54, 1.807) is 7.11 Å². The van der Waals surface area contributed by atoms with Gasteiger partial charge in [-0.1, -0.05) is 44.3 Å². The average Bonchev–Trinajstić information content (AvgIpc) is 2.55. The highest BCUT2D eigenvalue weighted by Crippen LogP contribution is 2.51. The molecule has 3 aliphatic rings. The van der Waals surface area contributed by atoms with Gasteiger partial charge in [0.1, 0.15) is 5.60 Å². The normalized spacial score (nSPS) is 40.0. The zero-order valence-electron chi connectivity index (χ0n) is 14.1. The third kappa shape index (κ3) is 3.26. The molecule has 23 heavy (non-hydrogen) atoms. The van der Waals surface area contributed by atoms with Gasteiger partial charge < -0.3 is 14.9 Å². The van der Waals surface area contributed by atoms with Gasteiger partial charge in [0, 0.05) is 25.4 Å². The summed E-state index contributed by atoms with van der Waals surface area (Å²) in [5.74, 6) is 0.769. The first kappa shape index (κ1) is 17.1. The van der Waals surface area contributed by atoms with Crippen LogP contribution < -0.4 is 0 Å². The van der Waals surface area contributed by atoms with Crippen molar-refractivity contribution in [3.05, 3.63) is 12.2 Å². The van der Waals surface area contributed by atoms with E-state index in [9.17, 15) is 15.0 Å². The minimum Gasteiger partial charge on any atom is -0.393 e. The van der Waals surface area contributed by atoms with Crippen LogP contribution in [0.25, 0.3) is 0 Å². The number of hydrogen-bond donors (Lipinski definition) is 2. The van der Waals surface area contributed by atoms with Gasteiger partial charge in [0.15, 0.2) is 5.78 Å². The number of rotatable bonds is 5. The van der Waals surface area contributed by atoms with Crippen molar-refractivity contribution in [3.8, 4) is 0 Å². The maximum atomic E-state index is 12.0. The molecule has 0 bridgehead atoms. The molecule has 0 radical (unpaired) electrons. The number of methoxy groups -OCH3 is 1. The molecule has 3 aliphatic carbocycles. The van der Waals surface area contributed by atoms with Crippen molar-refractivity contribution >= 4 is 5.78 Å². The van der Waals surface area contributed by atoms with Crippen LogP contribution in [0.2, 0.25) is 0 Å². The fourth-order valence-electron chi connectivity index (χ4n) is 4.94. The standard InChI is InChI=1S/C19H30O4/c1-23-19-10-9-17(21)15(16(19)12-18(19)22)8-7-14(20)11-13-5-3-2-4-6-13/h7-8,13-17,20-21H,2-6,9-12H2,1H3/b8-7+/t14-,15-,16-,17-,19-/m1/s1. The minimum atomic E-state index is -0.678. The molecule has 0 aromatic carbocycles.